The van der Waals surface area contributed by atoms with Crippen molar-refractivity contribution in [3.8, 4) is 5.75 Å². The molecule has 0 unspecified atom stereocenters. The van der Waals surface area contributed by atoms with Gasteiger partial charge in [0.1, 0.15) is 12.0 Å². The molecule has 5 heteroatoms. The van der Waals surface area contributed by atoms with Crippen molar-refractivity contribution >= 4 is 23.1 Å². The summed E-state index contributed by atoms with van der Waals surface area (Å²) in [5, 5.41) is 0.693. The predicted molar refractivity (Wildman–Crippen MR) is 63.1 cm³/mol. The Bertz CT molecular complexity index is 587. The third kappa shape index (κ3) is 1.87. The van der Waals surface area contributed by atoms with Crippen LogP contribution in [0.4, 0.5) is 0 Å². The molecule has 0 spiro atoms. The summed E-state index contributed by atoms with van der Waals surface area (Å²) in [6.07, 6.45) is 2.36. The number of carbonyl (C=O) groups is 2. The lowest BCUT2D eigenvalue weighted by Crippen LogP contribution is -2.10. The lowest BCUT2D eigenvalue weighted by Gasteiger charge is -2.02. The highest BCUT2D eigenvalue weighted by Crippen LogP contribution is 2.25. The van der Waals surface area contributed by atoms with E-state index in [4.69, 9.17) is 10.5 Å². The predicted octanol–water partition coefficient (Wildman–Crippen LogP) is 0.948. The van der Waals surface area contributed by atoms with Crippen molar-refractivity contribution in [2.75, 3.05) is 7.11 Å². The van der Waals surface area contributed by atoms with E-state index < -0.39 is 5.91 Å². The maximum atomic E-state index is 11.3. The number of hydrogen-bond acceptors (Lipinski definition) is 3. The first kappa shape index (κ1) is 11.2. The highest BCUT2D eigenvalue weighted by Gasteiger charge is 2.13. The largest absolute Gasteiger partial charge is 0.497 e. The van der Waals surface area contributed by atoms with Gasteiger partial charge in [0.15, 0.2) is 0 Å². The first-order chi connectivity index (χ1) is 8.17. The number of aldehydes is 1. The molecule has 2 rings (SSSR count). The first-order valence-corrected chi connectivity index (χ1v) is 5.07. The zero-order valence-corrected chi connectivity index (χ0v) is 9.34. The summed E-state index contributed by atoms with van der Waals surface area (Å²) in [4.78, 5) is 21.9. The van der Waals surface area contributed by atoms with Gasteiger partial charge in [-0.1, -0.05) is 0 Å². The van der Waals surface area contributed by atoms with Crippen molar-refractivity contribution in [3.05, 3.63) is 30.0 Å². The van der Waals surface area contributed by atoms with Crippen LogP contribution in [0, 0.1) is 0 Å². The van der Waals surface area contributed by atoms with Crippen LogP contribution in [-0.2, 0) is 11.3 Å². The minimum Gasteiger partial charge on any atom is -0.497 e. The Kier molecular flexibility index (Phi) is 2.82. The minimum atomic E-state index is -0.520. The summed E-state index contributed by atoms with van der Waals surface area (Å²) in [7, 11) is 1.55. The number of primary amides is 1. The lowest BCUT2D eigenvalue weighted by atomic mass is 10.1. The van der Waals surface area contributed by atoms with E-state index >= 15 is 0 Å². The molecule has 5 nitrogen and oxygen atoms in total. The molecule has 1 amide bonds. The third-order valence-electron chi connectivity index (χ3n) is 2.62. The van der Waals surface area contributed by atoms with Crippen LogP contribution in [0.3, 0.4) is 0 Å². The van der Waals surface area contributed by atoms with E-state index in [1.165, 1.54) is 0 Å². The maximum absolute atomic E-state index is 11.3. The standard InChI is InChI=1S/C12H12N2O3/c1-17-8-2-3-11-9(6-8)10(12(13)16)7-14(11)4-5-15/h2-3,5-7H,4H2,1H3,(H2,13,16). The molecule has 0 radical (unpaired) electrons. The summed E-state index contributed by atoms with van der Waals surface area (Å²) < 4.78 is 6.78. The van der Waals surface area contributed by atoms with Crippen molar-refractivity contribution in [2.45, 2.75) is 6.54 Å². The van der Waals surface area contributed by atoms with Crippen molar-refractivity contribution in [1.82, 2.24) is 4.57 Å². The number of rotatable bonds is 4. The van der Waals surface area contributed by atoms with E-state index in [1.54, 1.807) is 36.1 Å². The van der Waals surface area contributed by atoms with Gasteiger partial charge in [-0.15, -0.1) is 0 Å². The Morgan fingerprint density at radius 2 is 2.29 bits per heavy atom. The fourth-order valence-corrected chi connectivity index (χ4v) is 1.83. The number of nitrogens with two attached hydrogens (primary N) is 1. The normalized spacial score (nSPS) is 10.4. The number of carbonyl (C=O) groups excluding carboxylic acids is 2. The van der Waals surface area contributed by atoms with Crippen LogP contribution in [0.2, 0.25) is 0 Å². The maximum Gasteiger partial charge on any atom is 0.250 e. The van der Waals surface area contributed by atoms with E-state index in [0.717, 1.165) is 11.8 Å². The molecule has 0 aliphatic heterocycles. The Hall–Kier alpha value is -2.30. The van der Waals surface area contributed by atoms with E-state index in [1.807, 2.05) is 0 Å². The smallest absolute Gasteiger partial charge is 0.250 e. The Balaban J connectivity index is 2.71. The molecular formula is C12H12N2O3. The van der Waals surface area contributed by atoms with E-state index in [2.05, 4.69) is 0 Å². The molecule has 2 aromatic rings. The Morgan fingerprint density at radius 1 is 1.53 bits per heavy atom. The van der Waals surface area contributed by atoms with Gasteiger partial charge in [-0.2, -0.15) is 0 Å². The van der Waals surface area contributed by atoms with Gasteiger partial charge < -0.3 is 19.8 Å². The van der Waals surface area contributed by atoms with Gasteiger partial charge in [-0.05, 0) is 18.2 Å². The first-order valence-electron chi connectivity index (χ1n) is 5.07. The SMILES string of the molecule is COc1ccc2c(c1)c(C(N)=O)cn2CC=O. The molecule has 17 heavy (non-hydrogen) atoms. The highest BCUT2D eigenvalue weighted by molar-refractivity contribution is 6.06. The van der Waals surface area contributed by atoms with Crippen molar-refractivity contribution in [3.63, 3.8) is 0 Å². The van der Waals surface area contributed by atoms with Crippen LogP contribution in [0.15, 0.2) is 24.4 Å². The number of fused-ring (bicyclic) bond motifs is 1. The van der Waals surface area contributed by atoms with Gasteiger partial charge in [0.05, 0.1) is 19.2 Å². The molecule has 0 saturated carbocycles. The van der Waals surface area contributed by atoms with Gasteiger partial charge in [0.25, 0.3) is 5.91 Å². The summed E-state index contributed by atoms with van der Waals surface area (Å²) in [6.45, 7) is 0.191. The minimum absolute atomic E-state index is 0.191. The second kappa shape index (κ2) is 4.29. The summed E-state index contributed by atoms with van der Waals surface area (Å²) >= 11 is 0. The van der Waals surface area contributed by atoms with Crippen molar-refractivity contribution < 1.29 is 14.3 Å². The highest BCUT2D eigenvalue weighted by atomic mass is 16.5. The zero-order valence-electron chi connectivity index (χ0n) is 9.34. The summed E-state index contributed by atoms with van der Waals surface area (Å²) in [5.74, 6) is 0.122. The molecular weight excluding hydrogens is 220 g/mol. The number of amides is 1. The van der Waals surface area contributed by atoms with Crippen LogP contribution in [-0.4, -0.2) is 23.9 Å². The van der Waals surface area contributed by atoms with Gasteiger partial charge in [-0.25, -0.2) is 0 Å². The quantitative estimate of drug-likeness (QED) is 0.797. The zero-order chi connectivity index (χ0) is 12.4. The lowest BCUT2D eigenvalue weighted by molar-refractivity contribution is -0.108. The molecule has 0 atom stereocenters. The van der Waals surface area contributed by atoms with Crippen molar-refractivity contribution in [1.29, 1.82) is 0 Å². The monoisotopic (exact) mass is 232 g/mol. The Morgan fingerprint density at radius 3 is 2.88 bits per heavy atom. The average Bonchev–Trinajstić information content (AvgIpc) is 2.68. The van der Waals surface area contributed by atoms with E-state index in [9.17, 15) is 9.59 Å². The van der Waals surface area contributed by atoms with Gasteiger partial charge in [0, 0.05) is 17.1 Å². The molecule has 1 heterocycles. The molecule has 0 bridgehead atoms. The number of methoxy groups -OCH3 is 1. The molecule has 0 saturated heterocycles. The third-order valence-corrected chi connectivity index (χ3v) is 2.62. The van der Waals surface area contributed by atoms with Gasteiger partial charge in [0.2, 0.25) is 0 Å². The fourth-order valence-electron chi connectivity index (χ4n) is 1.83. The number of nitrogens with zero attached hydrogens (tertiary/aromatic N) is 1. The second-order valence-electron chi connectivity index (χ2n) is 3.61. The molecule has 1 aromatic heterocycles. The molecule has 1 aromatic carbocycles. The van der Waals surface area contributed by atoms with Crippen molar-refractivity contribution in [2.24, 2.45) is 5.73 Å². The average molecular weight is 232 g/mol. The van der Waals surface area contributed by atoms with Crippen LogP contribution in [0.1, 0.15) is 10.4 Å². The van der Waals surface area contributed by atoms with Gasteiger partial charge >= 0.3 is 0 Å². The second-order valence-corrected chi connectivity index (χ2v) is 3.61. The van der Waals surface area contributed by atoms with E-state index in [0.29, 0.717) is 16.7 Å². The topological polar surface area (TPSA) is 74.3 Å². The molecule has 2 N–H and O–H groups in total. The van der Waals surface area contributed by atoms with Crippen LogP contribution >= 0.6 is 0 Å². The number of aromatic nitrogens is 1. The molecule has 0 aliphatic carbocycles. The summed E-state index contributed by atoms with van der Waals surface area (Å²) in [5.41, 5.74) is 6.47. The number of ether oxygens (including phenoxy) is 1. The van der Waals surface area contributed by atoms with E-state index in [-0.39, 0.29) is 6.54 Å². The van der Waals surface area contributed by atoms with Gasteiger partial charge in [-0.3, -0.25) is 4.79 Å². The molecule has 0 aliphatic rings. The Labute approximate surface area is 97.8 Å². The van der Waals surface area contributed by atoms with Crippen LogP contribution in [0.5, 0.6) is 5.75 Å². The fraction of sp³-hybridized carbons (Fsp3) is 0.167. The summed E-state index contributed by atoms with van der Waals surface area (Å²) in [6, 6.07) is 5.30. The number of benzene rings is 1. The molecule has 88 valence electrons. The molecule has 0 fully saturated rings. The van der Waals surface area contributed by atoms with Crippen LogP contribution < -0.4 is 10.5 Å². The van der Waals surface area contributed by atoms with Crippen LogP contribution in [0.25, 0.3) is 10.9 Å². The number of hydrogen-bond donors (Lipinski definition) is 1.